The molecule has 1 aromatic heterocycles. The Morgan fingerprint density at radius 2 is 1.97 bits per heavy atom. The van der Waals surface area contributed by atoms with Crippen molar-refractivity contribution in [1.29, 1.82) is 0 Å². The number of nitrogen functional groups attached to an aromatic ring is 1. The molecule has 176 valence electrons. The van der Waals surface area contributed by atoms with E-state index >= 15 is 0 Å². The van der Waals surface area contributed by atoms with Crippen LogP contribution in [0, 0.1) is 6.92 Å². The van der Waals surface area contributed by atoms with Gasteiger partial charge in [-0.2, -0.15) is 0 Å². The second kappa shape index (κ2) is 8.83. The number of hydroxylamine groups is 2. The van der Waals surface area contributed by atoms with Crippen molar-refractivity contribution in [2.45, 2.75) is 56.8 Å². The summed E-state index contributed by atoms with van der Waals surface area (Å²) in [7, 11) is 0. The molecule has 0 bridgehead atoms. The third-order valence-corrected chi connectivity index (χ3v) is 5.48. The fraction of sp³-hybridized carbons (Fsp3) is 0.500. The zero-order valence-electron chi connectivity index (χ0n) is 17.6. The Morgan fingerprint density at radius 3 is 2.53 bits per heavy atom. The molecule has 1 unspecified atom stereocenters. The number of benzene rings is 1. The lowest BCUT2D eigenvalue weighted by Crippen LogP contribution is -2.68. The van der Waals surface area contributed by atoms with Gasteiger partial charge in [-0.15, -0.1) is 5.06 Å². The number of nitrogens with zero attached hydrogens (tertiary/aromatic N) is 3. The molecule has 32 heavy (non-hydrogen) atoms. The number of halogens is 1. The lowest BCUT2D eigenvalue weighted by atomic mass is 9.99. The fourth-order valence-corrected chi connectivity index (χ4v) is 3.73. The highest BCUT2D eigenvalue weighted by Crippen LogP contribution is 2.44. The van der Waals surface area contributed by atoms with Gasteiger partial charge in [-0.1, -0.05) is 29.8 Å². The smallest absolute Gasteiger partial charge is 0.353 e. The van der Waals surface area contributed by atoms with Crippen molar-refractivity contribution >= 4 is 5.82 Å². The summed E-state index contributed by atoms with van der Waals surface area (Å²) < 4.78 is 19.2. The zero-order chi connectivity index (χ0) is 23.8. The predicted octanol–water partition coefficient (Wildman–Crippen LogP) is -1.03. The van der Waals surface area contributed by atoms with Crippen molar-refractivity contribution in [3.05, 3.63) is 57.6 Å². The van der Waals surface area contributed by atoms with Crippen LogP contribution in [-0.2, 0) is 23.6 Å². The van der Waals surface area contributed by atoms with Crippen LogP contribution in [0.25, 0.3) is 0 Å². The van der Waals surface area contributed by atoms with Crippen molar-refractivity contribution in [1.82, 2.24) is 14.6 Å². The number of ether oxygens (including phenoxy) is 1. The lowest BCUT2D eigenvalue weighted by Gasteiger charge is -2.42. The van der Waals surface area contributed by atoms with E-state index in [4.69, 9.17) is 10.5 Å². The van der Waals surface area contributed by atoms with Crippen LogP contribution in [0.4, 0.5) is 10.2 Å². The number of aliphatic hydroxyl groups excluding tert-OH is 2. The first-order valence-corrected chi connectivity index (χ1v) is 9.90. The monoisotopic (exact) mass is 454 g/mol. The quantitative estimate of drug-likeness (QED) is 0.224. The minimum atomic E-state index is -3.19. The molecule has 7 N–H and O–H groups in total. The van der Waals surface area contributed by atoms with Crippen LogP contribution < -0.4 is 11.4 Å². The van der Waals surface area contributed by atoms with Gasteiger partial charge in [0.1, 0.15) is 24.2 Å². The summed E-state index contributed by atoms with van der Waals surface area (Å²) in [5.41, 5.74) is 3.13. The van der Waals surface area contributed by atoms with E-state index in [1.807, 2.05) is 6.92 Å². The van der Waals surface area contributed by atoms with E-state index in [1.54, 1.807) is 24.3 Å². The van der Waals surface area contributed by atoms with E-state index in [9.17, 15) is 34.8 Å². The van der Waals surface area contributed by atoms with E-state index in [0.717, 1.165) is 11.8 Å². The van der Waals surface area contributed by atoms with Crippen LogP contribution >= 0.6 is 0 Å². The normalized spacial score (nSPS) is 28.9. The first kappa shape index (κ1) is 24.2. The lowest BCUT2D eigenvalue weighted by molar-refractivity contribution is -0.413. The van der Waals surface area contributed by atoms with Crippen molar-refractivity contribution in [2.24, 2.45) is 0 Å². The van der Waals surface area contributed by atoms with Crippen LogP contribution in [0.2, 0.25) is 0 Å². The van der Waals surface area contributed by atoms with E-state index in [2.05, 4.69) is 4.98 Å². The summed E-state index contributed by atoms with van der Waals surface area (Å²) in [6.07, 6.45) is -4.35. The molecular formula is C20H27FN4O7. The highest BCUT2D eigenvalue weighted by Gasteiger charge is 2.70. The average molecular weight is 454 g/mol. The average Bonchev–Trinajstić information content (AvgIpc) is 2.93. The van der Waals surface area contributed by atoms with Crippen molar-refractivity contribution < 1.29 is 34.8 Å². The molecule has 1 aliphatic rings. The summed E-state index contributed by atoms with van der Waals surface area (Å²) in [4.78, 5) is 16.1. The fourth-order valence-electron chi connectivity index (χ4n) is 3.73. The number of aryl methyl sites for hydroxylation is 1. The molecule has 0 aliphatic carbocycles. The number of aliphatic hydroxyl groups is 4. The van der Waals surface area contributed by atoms with Gasteiger partial charge < -0.3 is 36.1 Å². The molecule has 0 saturated carbocycles. The number of anilines is 1. The van der Waals surface area contributed by atoms with Gasteiger partial charge in [0.2, 0.25) is 5.72 Å². The number of hydrogen-bond acceptors (Lipinski definition) is 10. The number of alkyl halides is 1. The first-order chi connectivity index (χ1) is 15.0. The van der Waals surface area contributed by atoms with Gasteiger partial charge in [0, 0.05) is 18.2 Å². The number of aromatic nitrogens is 2. The van der Waals surface area contributed by atoms with Crippen molar-refractivity contribution in [3.8, 4) is 0 Å². The van der Waals surface area contributed by atoms with E-state index in [-0.39, 0.29) is 17.0 Å². The molecule has 0 amide bonds. The highest BCUT2D eigenvalue weighted by atomic mass is 19.1. The Bertz CT molecular complexity index is 1020. The SMILES string of the molecule is Cc1ccc(CN(O)[C@@]2(O)[C@H](O)[C@@H](CO)O[C@@]2(O)n2c(N)c(CC(C)F)cnc2=O)cc1. The van der Waals surface area contributed by atoms with E-state index < -0.39 is 54.7 Å². The second-order valence-corrected chi connectivity index (χ2v) is 7.93. The Labute approximate surface area is 182 Å². The molecule has 2 heterocycles. The summed E-state index contributed by atoms with van der Waals surface area (Å²) in [5.74, 6) is -3.69. The summed E-state index contributed by atoms with van der Waals surface area (Å²) in [5, 5.41) is 53.9. The minimum absolute atomic E-state index is 0.0175. The summed E-state index contributed by atoms with van der Waals surface area (Å²) >= 11 is 0. The molecular weight excluding hydrogens is 427 g/mol. The van der Waals surface area contributed by atoms with Crippen LogP contribution in [0.1, 0.15) is 23.6 Å². The Kier molecular flexibility index (Phi) is 6.67. The zero-order valence-corrected chi connectivity index (χ0v) is 17.6. The van der Waals surface area contributed by atoms with Crippen LogP contribution in [0.15, 0.2) is 35.3 Å². The van der Waals surface area contributed by atoms with Gasteiger partial charge in [0.15, 0.2) is 0 Å². The summed E-state index contributed by atoms with van der Waals surface area (Å²) in [6, 6.07) is 6.76. The van der Waals surface area contributed by atoms with Gasteiger partial charge in [-0.3, -0.25) is 0 Å². The summed E-state index contributed by atoms with van der Waals surface area (Å²) in [6.45, 7) is 1.80. The molecule has 0 radical (unpaired) electrons. The number of hydrogen-bond donors (Lipinski definition) is 6. The molecule has 11 nitrogen and oxygen atoms in total. The van der Waals surface area contributed by atoms with Gasteiger partial charge in [0.25, 0.3) is 0 Å². The maximum absolute atomic E-state index is 13.6. The van der Waals surface area contributed by atoms with Crippen LogP contribution in [0.5, 0.6) is 0 Å². The molecule has 1 saturated heterocycles. The maximum atomic E-state index is 13.6. The molecule has 12 heteroatoms. The Balaban J connectivity index is 2.14. The molecule has 1 aromatic carbocycles. The molecule has 2 aromatic rings. The Hall–Kier alpha value is -2.45. The van der Waals surface area contributed by atoms with Gasteiger partial charge in [0.05, 0.1) is 13.2 Å². The molecule has 5 atom stereocenters. The van der Waals surface area contributed by atoms with Gasteiger partial charge in [-0.25, -0.2) is 18.7 Å². The molecule has 0 spiro atoms. The number of rotatable bonds is 7. The molecule has 1 fully saturated rings. The van der Waals surface area contributed by atoms with Crippen LogP contribution in [0.3, 0.4) is 0 Å². The second-order valence-electron chi connectivity index (χ2n) is 7.93. The van der Waals surface area contributed by atoms with E-state index in [0.29, 0.717) is 10.1 Å². The minimum Gasteiger partial charge on any atom is -0.394 e. The maximum Gasteiger partial charge on any atom is 0.353 e. The highest BCUT2D eigenvalue weighted by molar-refractivity contribution is 5.40. The number of nitrogens with two attached hydrogens (primary N) is 1. The third-order valence-electron chi connectivity index (χ3n) is 5.48. The van der Waals surface area contributed by atoms with Crippen molar-refractivity contribution in [3.63, 3.8) is 0 Å². The van der Waals surface area contributed by atoms with Crippen molar-refractivity contribution in [2.75, 3.05) is 12.3 Å². The third kappa shape index (κ3) is 3.90. The first-order valence-electron chi connectivity index (χ1n) is 9.90. The Morgan fingerprint density at radius 1 is 1.34 bits per heavy atom. The molecule has 1 aliphatic heterocycles. The topological polar surface area (TPSA) is 175 Å². The van der Waals surface area contributed by atoms with Gasteiger partial charge >= 0.3 is 11.6 Å². The van der Waals surface area contributed by atoms with E-state index in [1.165, 1.54) is 6.92 Å². The predicted molar refractivity (Wildman–Crippen MR) is 109 cm³/mol. The van der Waals surface area contributed by atoms with Gasteiger partial charge in [-0.05, 0) is 19.4 Å². The largest absolute Gasteiger partial charge is 0.394 e. The molecule has 3 rings (SSSR count). The van der Waals surface area contributed by atoms with Crippen LogP contribution in [-0.4, -0.2) is 71.0 Å². The standard InChI is InChI=1S/C20H27FN4O7/c1-11-3-5-13(6-4-11)9-24(31)19(29)16(27)15(10-26)32-20(19,30)25-17(22)14(7-12(2)21)8-23-18(25)28/h3-6,8,12,15-16,26-27,29-31H,7,9-10,22H2,1-2H3/t12?,15-,16-,19-,20-/m1/s1.